The maximum atomic E-state index is 9.99. The van der Waals surface area contributed by atoms with Gasteiger partial charge >= 0.3 is 0 Å². The Morgan fingerprint density at radius 1 is 0.400 bits per heavy atom. The molecule has 50 heavy (non-hydrogen) atoms. The van der Waals surface area contributed by atoms with Crippen LogP contribution in [0.15, 0.2) is 168 Å². The summed E-state index contributed by atoms with van der Waals surface area (Å²) in [7, 11) is 0. The Kier molecular flexibility index (Phi) is 2.90. The Hall–Kier alpha value is -6.43. The third-order valence-corrected chi connectivity index (χ3v) is 8.50. The summed E-state index contributed by atoms with van der Waals surface area (Å²) in [5.41, 5.74) is -6.68. The van der Waals surface area contributed by atoms with Gasteiger partial charge in [0.2, 0.25) is 0 Å². The van der Waals surface area contributed by atoms with Gasteiger partial charge in [0.1, 0.15) is 11.2 Å². The molecule has 0 aliphatic carbocycles. The summed E-state index contributed by atoms with van der Waals surface area (Å²) >= 11 is 0.581. The second-order valence-electron chi connectivity index (χ2n) is 10.3. The van der Waals surface area contributed by atoms with Gasteiger partial charge in [-0.1, -0.05) is 121 Å². The Labute approximate surface area is 329 Å². The van der Waals surface area contributed by atoms with E-state index < -0.39 is 242 Å². The van der Waals surface area contributed by atoms with E-state index in [4.69, 9.17) is 31.8 Å². The molecule has 0 fully saturated rings. The van der Waals surface area contributed by atoms with Crippen molar-refractivity contribution in [1.29, 1.82) is 0 Å². The van der Waals surface area contributed by atoms with Gasteiger partial charge in [-0.2, -0.15) is 0 Å². The van der Waals surface area contributed by atoms with Gasteiger partial charge in [0, 0.05) is 47.6 Å². The van der Waals surface area contributed by atoms with Crippen molar-refractivity contribution < 1.29 is 41.4 Å². The van der Waals surface area contributed by atoms with E-state index >= 15 is 0 Å². The summed E-state index contributed by atoms with van der Waals surface area (Å²) in [5.74, 6) is -2.68. The number of furan rings is 1. The van der Waals surface area contributed by atoms with Crippen LogP contribution in [-0.2, 0) is 0 Å². The van der Waals surface area contributed by atoms with Gasteiger partial charge in [0.05, 0.1) is 37.0 Å². The number of hydrogen-bond donors (Lipinski definition) is 0. The van der Waals surface area contributed by atoms with Gasteiger partial charge in [-0.3, -0.25) is 0 Å². The molecule has 234 valence electrons. The van der Waals surface area contributed by atoms with Crippen LogP contribution in [0.25, 0.3) is 98.5 Å². The predicted molar refractivity (Wildman–Crippen MR) is 207 cm³/mol. The number of benzene rings is 7. The lowest BCUT2D eigenvalue weighted by molar-refractivity contribution is 0.669. The zero-order chi connectivity index (χ0) is 56.5. The van der Waals surface area contributed by atoms with Gasteiger partial charge in [-0.15, -0.1) is 11.3 Å². The first-order valence-corrected chi connectivity index (χ1v) is 15.2. The first-order chi connectivity index (χ1) is 36.0. The van der Waals surface area contributed by atoms with Crippen LogP contribution in [0.3, 0.4) is 0 Å². The van der Waals surface area contributed by atoms with Crippen molar-refractivity contribution >= 4 is 53.4 Å². The molecule has 0 N–H and O–H groups in total. The summed E-state index contributed by atoms with van der Waals surface area (Å²) < 4.78 is 245. The largest absolute Gasteiger partial charge is 0.456 e. The summed E-state index contributed by atoms with van der Waals surface area (Å²) in [5, 5.41) is -1.46. The molecule has 3 aromatic heterocycles. The Bertz CT molecular complexity index is 4290. The number of thiophene rings is 1. The van der Waals surface area contributed by atoms with E-state index in [1.807, 2.05) is 0 Å². The second-order valence-corrected chi connectivity index (χ2v) is 11.3. The van der Waals surface area contributed by atoms with E-state index in [9.17, 15) is 9.60 Å². The van der Waals surface area contributed by atoms with Crippen molar-refractivity contribution in [3.63, 3.8) is 0 Å². The lowest BCUT2D eigenvalue weighted by Gasteiger charge is -2.13. The smallest absolute Gasteiger partial charge is 0.164 e. The molecule has 10 aromatic rings. The fraction of sp³-hybridized carbons (Fsp3) is 0. The van der Waals surface area contributed by atoms with E-state index in [0.717, 1.165) is 0 Å². The number of aromatic nitrogens is 3. The van der Waals surface area contributed by atoms with Crippen LogP contribution in [0.4, 0.5) is 0 Å². The monoisotopic (exact) mass is 684 g/mol. The molecule has 3 heterocycles. The molecule has 5 heteroatoms. The standard InChI is InChI=1S/C45H27N3OS/c1-3-12-28(13-4-1)43-46-44(29-14-5-2-6-15-29)48-45(47-43)33-25-31(30-22-23-36-35-16-7-9-20-39(35)49-40(36)27-30)24-32(26-33)34-18-11-19-38-37-17-8-10-21-41(37)50-42(34)38/h1-27H/i1D,2D,3D,4D,5D,6D,7D,8D,9D,10D,11D,12D,13D,14D,15D,16D,17D,18D,19D,20D,21D,22D,23D,24D,25D,26D,27D. The Balaban J connectivity index is 1.46. The highest BCUT2D eigenvalue weighted by molar-refractivity contribution is 7.26. The highest BCUT2D eigenvalue weighted by atomic mass is 32.1. The molecule has 0 aliphatic heterocycles. The molecule has 10 rings (SSSR count). The van der Waals surface area contributed by atoms with Crippen LogP contribution in [-0.4, -0.2) is 15.0 Å². The maximum absolute atomic E-state index is 9.99. The predicted octanol–water partition coefficient (Wildman–Crippen LogP) is 12.5. The van der Waals surface area contributed by atoms with Crippen molar-refractivity contribution in [2.75, 3.05) is 0 Å². The van der Waals surface area contributed by atoms with Crippen LogP contribution in [0.1, 0.15) is 37.0 Å². The van der Waals surface area contributed by atoms with Crippen LogP contribution >= 0.6 is 11.3 Å². The zero-order valence-electron chi connectivity index (χ0n) is 51.7. The molecule has 0 radical (unpaired) electrons. The molecule has 0 spiro atoms. The highest BCUT2D eigenvalue weighted by Crippen LogP contribution is 2.42. The molecule has 0 saturated heterocycles. The molecule has 4 nitrogen and oxygen atoms in total. The minimum atomic E-state index is -1.07. The SMILES string of the molecule is [2H]c1c([2H])c([2H])c(-c2nc(-c3c([2H])c([2H])c([2H])c([2H])c3[2H])nc(-c3c([2H])c(-c4c([2H])c([2H])c5c(oc6c([2H])c([2H])c([2H])c([2H])c65)c4[2H])c([2H])c(-c4c([2H])c([2H])c([2H])c5c4sc4c([2H])c([2H])c([2H])c([2H])c45)c3[2H])n2)c([2H])c1[2H]. The third-order valence-electron chi connectivity index (χ3n) is 7.38. The second kappa shape index (κ2) is 11.6. The normalized spacial score (nSPS) is 19.2. The lowest BCUT2D eigenvalue weighted by atomic mass is 9.94. The van der Waals surface area contributed by atoms with Crippen molar-refractivity contribution in [2.45, 2.75) is 0 Å². The Morgan fingerprint density at radius 3 is 1.74 bits per heavy atom. The molecular formula is C45H27N3OS. The topological polar surface area (TPSA) is 51.8 Å². The number of nitrogens with zero attached hydrogens (tertiary/aromatic N) is 3. The minimum Gasteiger partial charge on any atom is -0.456 e. The van der Waals surface area contributed by atoms with Crippen molar-refractivity contribution in [3.8, 4) is 56.4 Å². The lowest BCUT2D eigenvalue weighted by Crippen LogP contribution is -2.00. The average molecular weight is 685 g/mol. The van der Waals surface area contributed by atoms with Crippen LogP contribution < -0.4 is 0 Å². The summed E-state index contributed by atoms with van der Waals surface area (Å²) in [4.78, 5) is 13.0. The van der Waals surface area contributed by atoms with Crippen LogP contribution in [0.2, 0.25) is 0 Å². The summed E-state index contributed by atoms with van der Waals surface area (Å²) in [6, 6.07) is -23.1. The minimum absolute atomic E-state index is 0.185. The van der Waals surface area contributed by atoms with E-state index in [2.05, 4.69) is 15.0 Å². The molecule has 7 aromatic carbocycles. The highest BCUT2D eigenvalue weighted by Gasteiger charge is 2.17. The van der Waals surface area contributed by atoms with E-state index in [1.165, 1.54) is 0 Å². The Morgan fingerprint density at radius 2 is 0.980 bits per heavy atom. The van der Waals surface area contributed by atoms with Gasteiger partial charge in [0.25, 0.3) is 0 Å². The van der Waals surface area contributed by atoms with Crippen molar-refractivity contribution in [1.82, 2.24) is 15.0 Å². The van der Waals surface area contributed by atoms with Crippen LogP contribution in [0.5, 0.6) is 0 Å². The average Bonchev–Trinajstić information content (AvgIpc) is 4.26. The molecule has 0 atom stereocenters. The third kappa shape index (κ3) is 4.87. The van der Waals surface area contributed by atoms with Gasteiger partial charge in [-0.25, -0.2) is 15.0 Å². The van der Waals surface area contributed by atoms with Crippen molar-refractivity contribution in [3.05, 3.63) is 163 Å². The van der Waals surface area contributed by atoms with Gasteiger partial charge < -0.3 is 4.42 Å². The number of para-hydroxylation sites is 1. The van der Waals surface area contributed by atoms with Gasteiger partial charge in [0.15, 0.2) is 17.5 Å². The quantitative estimate of drug-likeness (QED) is 0.181. The molecular weight excluding hydrogens is 631 g/mol. The molecule has 0 amide bonds. The zero-order valence-corrected chi connectivity index (χ0v) is 25.5. The molecule has 0 unspecified atom stereocenters. The van der Waals surface area contributed by atoms with Crippen molar-refractivity contribution in [2.24, 2.45) is 0 Å². The van der Waals surface area contributed by atoms with E-state index in [1.54, 1.807) is 0 Å². The molecule has 0 bridgehead atoms. The number of fused-ring (bicyclic) bond motifs is 6. The molecule has 0 saturated carbocycles. The first kappa shape index (κ1) is 12.5. The summed E-state index contributed by atoms with van der Waals surface area (Å²) in [6.45, 7) is 0. The van der Waals surface area contributed by atoms with E-state index in [-0.39, 0.29) is 20.2 Å². The van der Waals surface area contributed by atoms with E-state index in [0.29, 0.717) is 11.3 Å². The molecule has 0 aliphatic rings. The maximum Gasteiger partial charge on any atom is 0.164 e. The fourth-order valence-corrected chi connectivity index (χ4v) is 6.26. The number of rotatable bonds is 5. The van der Waals surface area contributed by atoms with Crippen LogP contribution in [0, 0.1) is 0 Å². The summed E-state index contributed by atoms with van der Waals surface area (Å²) in [6.07, 6.45) is 0. The first-order valence-electron chi connectivity index (χ1n) is 27.9. The number of hydrogen-bond acceptors (Lipinski definition) is 5. The van der Waals surface area contributed by atoms with Gasteiger partial charge in [-0.05, 0) is 64.6 Å². The fourth-order valence-electron chi connectivity index (χ4n) is 5.19.